The number of rotatable bonds is 4. The van der Waals surface area contributed by atoms with Crippen LogP contribution in [0, 0.1) is 0 Å². The van der Waals surface area contributed by atoms with Gasteiger partial charge in [0.05, 0.1) is 29.8 Å². The lowest BCUT2D eigenvalue weighted by Crippen LogP contribution is -2.40. The Morgan fingerprint density at radius 1 is 1.19 bits per heavy atom. The maximum absolute atomic E-state index is 13.5. The number of hydrogen-bond donors (Lipinski definition) is 0. The number of thioether (sulfide) groups is 1. The number of ether oxygens (including phenoxy) is 1. The van der Waals surface area contributed by atoms with E-state index >= 15 is 0 Å². The zero-order chi connectivity index (χ0) is 22.0. The third-order valence-corrected chi connectivity index (χ3v) is 8.29. The molecule has 4 rings (SSSR count). The first kappa shape index (κ1) is 22.3. The second-order valence-electron chi connectivity index (χ2n) is 7.23. The Morgan fingerprint density at radius 3 is 2.55 bits per heavy atom. The molecule has 31 heavy (non-hydrogen) atoms. The van der Waals surface area contributed by atoms with Gasteiger partial charge in [-0.3, -0.25) is 14.7 Å². The van der Waals surface area contributed by atoms with Crippen molar-refractivity contribution in [1.29, 1.82) is 0 Å². The first-order chi connectivity index (χ1) is 14.9. The molecule has 1 unspecified atom stereocenters. The Balaban J connectivity index is 1.70. The third-order valence-electron chi connectivity index (χ3n) is 4.95. The van der Waals surface area contributed by atoms with Gasteiger partial charge in [-0.15, -0.1) is 0 Å². The highest BCUT2D eigenvalue weighted by Crippen LogP contribution is 2.29. The average molecular weight is 480 g/mol. The molecule has 0 spiro atoms. The average Bonchev–Trinajstić information content (AvgIpc) is 3.21. The van der Waals surface area contributed by atoms with Crippen LogP contribution >= 0.6 is 23.4 Å². The van der Waals surface area contributed by atoms with Gasteiger partial charge in [-0.25, -0.2) is 8.42 Å². The Kier molecular flexibility index (Phi) is 6.68. The van der Waals surface area contributed by atoms with E-state index in [-0.39, 0.29) is 22.4 Å². The van der Waals surface area contributed by atoms with Crippen LogP contribution in [0.3, 0.4) is 0 Å². The number of anilines is 1. The van der Waals surface area contributed by atoms with Crippen molar-refractivity contribution >= 4 is 50.1 Å². The largest absolute Gasteiger partial charge is 0.379 e. The lowest BCUT2D eigenvalue weighted by atomic mass is 10.2. The summed E-state index contributed by atoms with van der Waals surface area (Å²) in [4.78, 5) is 19.7. The number of carbonyl (C=O) groups excluding carboxylic acids is 1. The van der Waals surface area contributed by atoms with E-state index in [4.69, 9.17) is 16.3 Å². The van der Waals surface area contributed by atoms with Crippen LogP contribution < -0.4 is 4.90 Å². The first-order valence-electron chi connectivity index (χ1n) is 9.85. The number of amides is 1. The van der Waals surface area contributed by atoms with E-state index in [9.17, 15) is 13.2 Å². The molecule has 2 aromatic carbocycles. The molecule has 7 nitrogen and oxygen atoms in total. The van der Waals surface area contributed by atoms with Crippen molar-refractivity contribution in [3.05, 3.63) is 59.1 Å². The molecule has 0 aromatic heterocycles. The zero-order valence-electron chi connectivity index (χ0n) is 16.9. The number of benzene rings is 2. The highest BCUT2D eigenvalue weighted by Gasteiger charge is 2.30. The molecule has 2 heterocycles. The van der Waals surface area contributed by atoms with E-state index in [1.165, 1.54) is 33.1 Å². The number of nitrogens with zero attached hydrogens (tertiary/aromatic N) is 3. The highest BCUT2D eigenvalue weighted by molar-refractivity contribution is 8.14. The summed E-state index contributed by atoms with van der Waals surface area (Å²) in [7, 11) is -3.71. The molecule has 1 amide bonds. The molecule has 2 aliphatic heterocycles. The number of halogens is 1. The summed E-state index contributed by atoms with van der Waals surface area (Å²) in [5.74, 6) is 0.430. The molecular weight excluding hydrogens is 458 g/mol. The minimum Gasteiger partial charge on any atom is -0.379 e. The third kappa shape index (κ3) is 4.80. The van der Waals surface area contributed by atoms with Gasteiger partial charge in [0, 0.05) is 29.4 Å². The van der Waals surface area contributed by atoms with Gasteiger partial charge < -0.3 is 4.74 Å². The highest BCUT2D eigenvalue weighted by atomic mass is 35.5. The van der Waals surface area contributed by atoms with Crippen molar-refractivity contribution in [2.45, 2.75) is 17.9 Å². The van der Waals surface area contributed by atoms with Gasteiger partial charge in [0.1, 0.15) is 0 Å². The molecule has 10 heteroatoms. The van der Waals surface area contributed by atoms with Crippen molar-refractivity contribution in [2.75, 3.05) is 37.0 Å². The van der Waals surface area contributed by atoms with E-state index in [2.05, 4.69) is 4.99 Å². The minimum atomic E-state index is -3.71. The molecular formula is C21H22ClN3O4S2. The van der Waals surface area contributed by atoms with Gasteiger partial charge in [0.15, 0.2) is 5.17 Å². The van der Waals surface area contributed by atoms with Gasteiger partial charge in [0.25, 0.3) is 5.91 Å². The number of sulfonamides is 1. The summed E-state index contributed by atoms with van der Waals surface area (Å²) in [6.07, 6.45) is 0. The molecule has 0 saturated carbocycles. The Hall–Kier alpha value is -1.91. The zero-order valence-corrected chi connectivity index (χ0v) is 19.3. The fourth-order valence-corrected chi connectivity index (χ4v) is 5.96. The first-order valence-corrected chi connectivity index (χ1v) is 12.7. The second kappa shape index (κ2) is 9.30. The van der Waals surface area contributed by atoms with E-state index in [1.54, 1.807) is 36.4 Å². The van der Waals surface area contributed by atoms with Crippen LogP contribution in [-0.4, -0.2) is 61.9 Å². The number of hydrogen-bond acceptors (Lipinski definition) is 6. The SMILES string of the molecule is CC1CSC(N(C(=O)c2cccc(S(=O)(=O)N3CCOCC3)c2)c2ccc(Cl)cc2)=N1. The molecule has 1 fully saturated rings. The molecule has 0 radical (unpaired) electrons. The fourth-order valence-electron chi connectivity index (χ4n) is 3.34. The number of amidine groups is 1. The molecule has 2 aromatic rings. The summed E-state index contributed by atoms with van der Waals surface area (Å²) < 4.78 is 32.7. The Labute approximate surface area is 191 Å². The maximum atomic E-state index is 13.5. The minimum absolute atomic E-state index is 0.0886. The van der Waals surface area contributed by atoms with Gasteiger partial charge in [-0.1, -0.05) is 29.4 Å². The van der Waals surface area contributed by atoms with E-state index in [0.29, 0.717) is 42.2 Å². The predicted molar refractivity (Wildman–Crippen MR) is 124 cm³/mol. The predicted octanol–water partition coefficient (Wildman–Crippen LogP) is 3.50. The van der Waals surface area contributed by atoms with Crippen molar-refractivity contribution < 1.29 is 17.9 Å². The van der Waals surface area contributed by atoms with E-state index < -0.39 is 10.0 Å². The van der Waals surface area contributed by atoms with E-state index in [0.717, 1.165) is 5.75 Å². The topological polar surface area (TPSA) is 79.3 Å². The molecule has 2 aliphatic rings. The molecule has 0 aliphatic carbocycles. The number of morpholine rings is 1. The van der Waals surface area contributed by atoms with Gasteiger partial charge in [0.2, 0.25) is 10.0 Å². The summed E-state index contributed by atoms with van der Waals surface area (Å²) >= 11 is 7.52. The summed E-state index contributed by atoms with van der Waals surface area (Å²) in [5.41, 5.74) is 0.892. The maximum Gasteiger partial charge on any atom is 0.264 e. The van der Waals surface area contributed by atoms with E-state index in [1.807, 2.05) is 6.92 Å². The van der Waals surface area contributed by atoms with Crippen LogP contribution in [-0.2, 0) is 14.8 Å². The van der Waals surface area contributed by atoms with Crippen LogP contribution in [0.2, 0.25) is 5.02 Å². The normalized spacial score (nSPS) is 19.8. The Morgan fingerprint density at radius 2 is 1.90 bits per heavy atom. The number of aliphatic imine (C=N–C) groups is 1. The van der Waals surface area contributed by atoms with Crippen LogP contribution in [0.4, 0.5) is 5.69 Å². The molecule has 164 valence electrons. The summed E-state index contributed by atoms with van der Waals surface area (Å²) in [6, 6.07) is 13.2. The van der Waals surface area contributed by atoms with Crippen molar-refractivity contribution in [2.24, 2.45) is 4.99 Å². The standard InChI is InChI=1S/C21H22ClN3O4S2/c1-15-14-30-21(23-15)25(18-7-5-17(22)6-8-18)20(26)16-3-2-4-19(13-16)31(27,28)24-9-11-29-12-10-24/h2-8,13,15H,9-12,14H2,1H3. The van der Waals surface area contributed by atoms with Gasteiger partial charge in [-0.2, -0.15) is 4.31 Å². The van der Waals surface area contributed by atoms with Crippen molar-refractivity contribution in [3.63, 3.8) is 0 Å². The van der Waals surface area contributed by atoms with Crippen LogP contribution in [0.25, 0.3) is 0 Å². The smallest absolute Gasteiger partial charge is 0.264 e. The van der Waals surface area contributed by atoms with Gasteiger partial charge >= 0.3 is 0 Å². The van der Waals surface area contributed by atoms with Crippen molar-refractivity contribution in [1.82, 2.24) is 4.31 Å². The van der Waals surface area contributed by atoms with Crippen LogP contribution in [0.5, 0.6) is 0 Å². The van der Waals surface area contributed by atoms with Crippen LogP contribution in [0.1, 0.15) is 17.3 Å². The quantitative estimate of drug-likeness (QED) is 0.670. The molecule has 1 saturated heterocycles. The fraction of sp³-hybridized carbons (Fsp3) is 0.333. The monoisotopic (exact) mass is 479 g/mol. The summed E-state index contributed by atoms with van der Waals surface area (Å²) in [5, 5.41) is 1.14. The molecule has 0 bridgehead atoms. The second-order valence-corrected chi connectivity index (χ2v) is 10.6. The molecule has 1 atom stereocenters. The lowest BCUT2D eigenvalue weighted by Gasteiger charge is -2.26. The van der Waals surface area contributed by atoms with Crippen molar-refractivity contribution in [3.8, 4) is 0 Å². The van der Waals surface area contributed by atoms with Gasteiger partial charge in [-0.05, 0) is 49.4 Å². The number of carbonyl (C=O) groups is 1. The lowest BCUT2D eigenvalue weighted by molar-refractivity contribution is 0.0730. The Bertz CT molecular complexity index is 1100. The molecule has 0 N–H and O–H groups in total. The van der Waals surface area contributed by atoms with Crippen LogP contribution in [0.15, 0.2) is 58.4 Å². The summed E-state index contributed by atoms with van der Waals surface area (Å²) in [6.45, 7) is 3.29.